The molecule has 0 radical (unpaired) electrons. The highest BCUT2D eigenvalue weighted by atomic mass is 16.3. The maximum absolute atomic E-state index is 11.1. The molecule has 6 heteroatoms. The highest BCUT2D eigenvalue weighted by Gasteiger charge is 2.13. The number of amides is 1. The van der Waals surface area contributed by atoms with Crippen LogP contribution in [-0.2, 0) is 0 Å². The summed E-state index contributed by atoms with van der Waals surface area (Å²) in [5.74, 6) is -0.582. The van der Waals surface area contributed by atoms with Gasteiger partial charge in [0, 0.05) is 11.8 Å². The van der Waals surface area contributed by atoms with Crippen LogP contribution in [0.4, 0.5) is 0 Å². The number of aromatic nitrogens is 2. The van der Waals surface area contributed by atoms with Gasteiger partial charge in [-0.05, 0) is 19.1 Å². The third kappa shape index (κ3) is 2.46. The largest absolute Gasteiger partial charge is 0.389 e. The molecule has 0 aliphatic heterocycles. The molecule has 96 valence electrons. The number of carbonyl (C=O) groups excluding carboxylic acids is 1. The minimum absolute atomic E-state index is 0.263. The lowest BCUT2D eigenvalue weighted by molar-refractivity contribution is 0.100. The van der Waals surface area contributed by atoms with Crippen LogP contribution < -0.4 is 5.73 Å². The number of nitrogens with two attached hydrogens (primary N) is 1. The fourth-order valence-corrected chi connectivity index (χ4v) is 1.75. The SMILES string of the molecule is C[C@@H](O)c1ccc(C#N)cc1-n1cc(C(N)=O)cn1. The van der Waals surface area contributed by atoms with Gasteiger partial charge in [-0.2, -0.15) is 10.4 Å². The van der Waals surface area contributed by atoms with E-state index in [4.69, 9.17) is 11.0 Å². The number of aliphatic hydroxyl groups is 1. The van der Waals surface area contributed by atoms with Crippen LogP contribution in [0.15, 0.2) is 30.6 Å². The maximum atomic E-state index is 11.1. The van der Waals surface area contributed by atoms with Crippen molar-refractivity contribution in [3.05, 3.63) is 47.3 Å². The average Bonchev–Trinajstić information content (AvgIpc) is 2.87. The molecular formula is C13H12N4O2. The first-order valence-corrected chi connectivity index (χ1v) is 5.60. The second-order valence-corrected chi connectivity index (χ2v) is 4.10. The van der Waals surface area contributed by atoms with Gasteiger partial charge < -0.3 is 10.8 Å². The second-order valence-electron chi connectivity index (χ2n) is 4.10. The summed E-state index contributed by atoms with van der Waals surface area (Å²) in [6.07, 6.45) is 2.08. The number of nitriles is 1. The number of benzene rings is 1. The molecule has 0 aliphatic carbocycles. The molecule has 0 bridgehead atoms. The Labute approximate surface area is 109 Å². The third-order valence-electron chi connectivity index (χ3n) is 2.72. The Balaban J connectivity index is 2.58. The summed E-state index contributed by atoms with van der Waals surface area (Å²) in [5, 5.41) is 22.7. The monoisotopic (exact) mass is 256 g/mol. The standard InChI is InChI=1S/C13H12N4O2/c1-8(18)11-3-2-9(5-14)4-12(11)17-7-10(6-16-17)13(15)19/h2-4,6-8,18H,1H3,(H2,15,19)/t8-/m1/s1. The van der Waals surface area contributed by atoms with Gasteiger partial charge in [0.15, 0.2) is 0 Å². The van der Waals surface area contributed by atoms with Crippen LogP contribution in [-0.4, -0.2) is 20.8 Å². The highest BCUT2D eigenvalue weighted by Crippen LogP contribution is 2.22. The Bertz CT molecular complexity index is 668. The zero-order valence-corrected chi connectivity index (χ0v) is 10.2. The first kappa shape index (κ1) is 12.8. The van der Waals surface area contributed by atoms with Crippen molar-refractivity contribution in [3.8, 4) is 11.8 Å². The fraction of sp³-hybridized carbons (Fsp3) is 0.154. The summed E-state index contributed by atoms with van der Waals surface area (Å²) < 4.78 is 1.42. The van der Waals surface area contributed by atoms with Crippen LogP contribution in [0.25, 0.3) is 5.69 Å². The van der Waals surface area contributed by atoms with E-state index in [2.05, 4.69) is 5.10 Å². The molecule has 0 aliphatic rings. The fourth-order valence-electron chi connectivity index (χ4n) is 1.75. The lowest BCUT2D eigenvalue weighted by Gasteiger charge is -2.12. The summed E-state index contributed by atoms with van der Waals surface area (Å²) in [6.45, 7) is 1.61. The Kier molecular flexibility index (Phi) is 3.31. The molecule has 1 amide bonds. The van der Waals surface area contributed by atoms with Crippen LogP contribution in [0.2, 0.25) is 0 Å². The van der Waals surface area contributed by atoms with E-state index < -0.39 is 12.0 Å². The van der Waals surface area contributed by atoms with Crippen LogP contribution >= 0.6 is 0 Å². The van der Waals surface area contributed by atoms with Crippen LogP contribution in [0.3, 0.4) is 0 Å². The molecule has 2 aromatic rings. The molecule has 0 spiro atoms. The van der Waals surface area contributed by atoms with Gasteiger partial charge in [0.05, 0.1) is 35.2 Å². The van der Waals surface area contributed by atoms with Crippen molar-refractivity contribution in [2.24, 2.45) is 5.73 Å². The summed E-state index contributed by atoms with van der Waals surface area (Å²) in [5.41, 5.74) is 7.02. The third-order valence-corrected chi connectivity index (χ3v) is 2.72. The molecular weight excluding hydrogens is 244 g/mol. The van der Waals surface area contributed by atoms with Gasteiger partial charge in [0.1, 0.15) is 0 Å². The molecule has 19 heavy (non-hydrogen) atoms. The minimum atomic E-state index is -0.719. The molecule has 0 saturated heterocycles. The highest BCUT2D eigenvalue weighted by molar-refractivity contribution is 5.92. The molecule has 1 aromatic heterocycles. The average molecular weight is 256 g/mol. The number of aliphatic hydroxyl groups excluding tert-OH is 1. The molecule has 1 aromatic carbocycles. The summed E-state index contributed by atoms with van der Waals surface area (Å²) in [4.78, 5) is 11.1. The van der Waals surface area contributed by atoms with Crippen molar-refractivity contribution < 1.29 is 9.90 Å². The van der Waals surface area contributed by atoms with Gasteiger partial charge in [0.2, 0.25) is 0 Å². The summed E-state index contributed by atoms with van der Waals surface area (Å²) in [7, 11) is 0. The van der Waals surface area contributed by atoms with Gasteiger partial charge in [-0.1, -0.05) is 6.07 Å². The number of nitrogens with zero attached hydrogens (tertiary/aromatic N) is 3. The van der Waals surface area contributed by atoms with E-state index in [9.17, 15) is 9.90 Å². The van der Waals surface area contributed by atoms with Gasteiger partial charge in [-0.3, -0.25) is 4.79 Å². The molecule has 1 heterocycles. The topological polar surface area (TPSA) is 105 Å². The van der Waals surface area contributed by atoms with Crippen molar-refractivity contribution >= 4 is 5.91 Å². The van der Waals surface area contributed by atoms with Crippen molar-refractivity contribution in [1.29, 1.82) is 5.26 Å². The number of rotatable bonds is 3. The van der Waals surface area contributed by atoms with Crippen LogP contribution in [0.1, 0.15) is 34.5 Å². The maximum Gasteiger partial charge on any atom is 0.251 e. The van der Waals surface area contributed by atoms with E-state index in [-0.39, 0.29) is 5.56 Å². The lowest BCUT2D eigenvalue weighted by atomic mass is 10.1. The Morgan fingerprint density at radius 2 is 2.32 bits per heavy atom. The van der Waals surface area contributed by atoms with Crippen molar-refractivity contribution in [2.75, 3.05) is 0 Å². The molecule has 0 unspecified atom stereocenters. The Hall–Kier alpha value is -2.65. The van der Waals surface area contributed by atoms with E-state index in [1.165, 1.54) is 17.1 Å². The molecule has 2 rings (SSSR count). The van der Waals surface area contributed by atoms with E-state index in [1.807, 2.05) is 6.07 Å². The van der Waals surface area contributed by atoms with Crippen molar-refractivity contribution in [3.63, 3.8) is 0 Å². The van der Waals surface area contributed by atoms with Crippen molar-refractivity contribution in [2.45, 2.75) is 13.0 Å². The van der Waals surface area contributed by atoms with Crippen molar-refractivity contribution in [1.82, 2.24) is 9.78 Å². The molecule has 6 nitrogen and oxygen atoms in total. The predicted molar refractivity (Wildman–Crippen MR) is 67.4 cm³/mol. The van der Waals surface area contributed by atoms with Gasteiger partial charge >= 0.3 is 0 Å². The molecule has 3 N–H and O–H groups in total. The zero-order valence-electron chi connectivity index (χ0n) is 10.2. The second kappa shape index (κ2) is 4.92. The lowest BCUT2D eigenvalue weighted by Crippen LogP contribution is -2.09. The van der Waals surface area contributed by atoms with Gasteiger partial charge in [0.25, 0.3) is 5.91 Å². The molecule has 1 atom stereocenters. The number of hydrogen-bond donors (Lipinski definition) is 2. The number of hydrogen-bond acceptors (Lipinski definition) is 4. The van der Waals surface area contributed by atoms with E-state index in [0.717, 1.165) is 0 Å². The minimum Gasteiger partial charge on any atom is -0.389 e. The normalized spacial score (nSPS) is 11.8. The van der Waals surface area contributed by atoms with Gasteiger partial charge in [-0.25, -0.2) is 4.68 Å². The Morgan fingerprint density at radius 1 is 1.58 bits per heavy atom. The van der Waals surface area contributed by atoms with E-state index in [1.54, 1.807) is 25.1 Å². The van der Waals surface area contributed by atoms with Crippen LogP contribution in [0, 0.1) is 11.3 Å². The summed E-state index contributed by atoms with van der Waals surface area (Å²) >= 11 is 0. The quantitative estimate of drug-likeness (QED) is 0.850. The summed E-state index contributed by atoms with van der Waals surface area (Å²) in [6, 6.07) is 6.89. The first-order valence-electron chi connectivity index (χ1n) is 5.60. The zero-order chi connectivity index (χ0) is 14.0. The first-order chi connectivity index (χ1) is 9.02. The van der Waals surface area contributed by atoms with E-state index in [0.29, 0.717) is 16.8 Å². The molecule has 0 fully saturated rings. The number of primary amides is 1. The van der Waals surface area contributed by atoms with E-state index >= 15 is 0 Å². The smallest absolute Gasteiger partial charge is 0.251 e. The molecule has 0 saturated carbocycles. The number of carbonyl (C=O) groups is 1. The Morgan fingerprint density at radius 3 is 2.84 bits per heavy atom. The predicted octanol–water partition coefficient (Wildman–Crippen LogP) is 0.896. The van der Waals surface area contributed by atoms with Crippen LogP contribution in [0.5, 0.6) is 0 Å². The van der Waals surface area contributed by atoms with Gasteiger partial charge in [-0.15, -0.1) is 0 Å².